The lowest BCUT2D eigenvalue weighted by atomic mass is 9.79. The zero-order valence-electron chi connectivity index (χ0n) is 166. The van der Waals surface area contributed by atoms with Crippen molar-refractivity contribution in [2.45, 2.75) is 275 Å². The van der Waals surface area contributed by atoms with Crippen LogP contribution in [0.2, 0.25) is 0 Å². The Bertz CT molecular complexity index is 9290. The second-order valence-corrected chi connectivity index (χ2v) is 34.9. The maximum Gasteiger partial charge on any atom is 0.161 e. The van der Waals surface area contributed by atoms with Crippen LogP contribution in [-0.4, -0.2) is 227 Å². The van der Waals surface area contributed by atoms with E-state index in [2.05, 4.69) is 0 Å². The van der Waals surface area contributed by atoms with Gasteiger partial charge in [0.05, 0.1) is 134 Å². The summed E-state index contributed by atoms with van der Waals surface area (Å²) < 4.78 is 756. The van der Waals surface area contributed by atoms with Crippen LogP contribution in [0, 0.1) is 70.8 Å². The number of benzene rings is 6. The van der Waals surface area contributed by atoms with Gasteiger partial charge in [0.1, 0.15) is 34.7 Å². The highest BCUT2D eigenvalue weighted by atomic mass is 16.5. The lowest BCUT2D eigenvalue weighted by molar-refractivity contribution is -0.130. The summed E-state index contributed by atoms with van der Waals surface area (Å²) in [5, 5.41) is 0. The van der Waals surface area contributed by atoms with Crippen molar-refractivity contribution in [1.29, 1.82) is 0 Å². The second-order valence-electron chi connectivity index (χ2n) is 34.9. The zero-order chi connectivity index (χ0) is 177. The molecule has 0 saturated carbocycles. The van der Waals surface area contributed by atoms with Crippen LogP contribution in [0.1, 0.15) is 422 Å². The van der Waals surface area contributed by atoms with E-state index < -0.39 is 407 Å². The summed E-state index contributed by atoms with van der Waals surface area (Å²) in [7, 11) is -31.9. The molecule has 0 N–H and O–H groups in total. The third-order valence-corrected chi connectivity index (χ3v) is 25.3. The molecule has 12 aliphatic heterocycles. The first-order chi connectivity index (χ1) is 101. The monoisotopic (exact) mass is 2080 g/mol. The number of hydrogen-bond donors (Lipinski definition) is 0. The third kappa shape index (κ3) is 26.9. The Labute approximate surface area is 985 Å². The highest BCUT2D eigenvalue weighted by molar-refractivity contribution is 5.86. The van der Waals surface area contributed by atoms with Gasteiger partial charge in [-0.25, -0.2) is 0 Å². The summed E-state index contributed by atoms with van der Waals surface area (Å²) in [5.41, 5.74) is 0.988. The fraction of sp³-hybridized carbons (Fsp3) is 0.650. The van der Waals surface area contributed by atoms with Gasteiger partial charge in [-0.2, -0.15) is 0 Å². The number of ether oxygens (including phenoxy) is 12. The predicted molar refractivity (Wildman–Crippen MR) is 573 cm³/mol. The Morgan fingerprint density at radius 3 is 1.06 bits per heavy atom. The predicted octanol–water partition coefficient (Wildman–Crippen LogP) is 22.3. The quantitative estimate of drug-likeness (QED) is 0.0444. The highest BCUT2D eigenvalue weighted by Crippen LogP contribution is 2.51. The van der Waals surface area contributed by atoms with Crippen LogP contribution in [0.3, 0.4) is 0 Å². The van der Waals surface area contributed by atoms with Gasteiger partial charge in [-0.1, -0.05) is 123 Å². The fourth-order valence-corrected chi connectivity index (χ4v) is 18.4. The van der Waals surface area contributed by atoms with Crippen LogP contribution in [0.15, 0.2) is 72.7 Å². The Kier molecular flexibility index (Phi) is 16.5. The molecule has 24 heteroatoms. The van der Waals surface area contributed by atoms with Gasteiger partial charge in [-0.15, -0.1) is 0 Å². The molecule has 18 rings (SSSR count). The first-order valence-corrected chi connectivity index (χ1v) is 44.9. The number of hydrogen-bond acceptors (Lipinski definition) is 24. The van der Waals surface area contributed by atoms with Gasteiger partial charge in [-0.3, -0.25) is 58.2 Å². The van der Waals surface area contributed by atoms with E-state index in [1.807, 2.05) is 27.7 Å². The number of Topliss-reactive ketones (excluding diaryl/α,β-unsaturated/α-hetero) is 6. The van der Waals surface area contributed by atoms with Crippen LogP contribution in [0.5, 0.6) is 69.0 Å². The zero-order valence-corrected chi connectivity index (χ0v) is 78.8. The normalized spacial score (nSPS) is 41.1. The van der Waals surface area contributed by atoms with Crippen LogP contribution in [0.4, 0.5) is 0 Å². The van der Waals surface area contributed by atoms with Gasteiger partial charge in [0.2, 0.25) is 0 Å². The molecule has 0 radical (unpaired) electrons. The van der Waals surface area contributed by atoms with E-state index in [1.165, 1.54) is 47.4 Å². The second kappa shape index (κ2) is 53.0. The van der Waals surface area contributed by atoms with Gasteiger partial charge in [0.25, 0.3) is 0 Å². The molecule has 16 unspecified atom stereocenters. The molecular formula is C120H178N6O18. The number of carbonyl (C=O) groups excluding carboxylic acids is 6. The molecule has 0 bridgehead atoms. The van der Waals surface area contributed by atoms with Crippen molar-refractivity contribution in [1.82, 2.24) is 29.4 Å². The molecule has 0 aromatic heterocycles. The molecule has 144 heavy (non-hydrogen) atoms. The molecule has 24 nitrogen and oxygen atoms in total. The fourth-order valence-electron chi connectivity index (χ4n) is 18.4. The summed E-state index contributed by atoms with van der Waals surface area (Å²) in [6.07, 6.45) is -40.5. The minimum absolute atomic E-state index is 0. The Hall–Kier alpha value is -9.30. The molecule has 0 amide bonds. The number of fused-ring (bicyclic) bond motifs is 18. The first kappa shape index (κ1) is 44.9. The number of piperidine rings is 6. The average Bonchev–Trinajstić information content (AvgIpc) is 0.630. The van der Waals surface area contributed by atoms with E-state index in [-0.39, 0.29) is 155 Å². The molecule has 0 spiro atoms. The van der Waals surface area contributed by atoms with E-state index in [9.17, 15) is 30.1 Å². The molecule has 6 saturated heterocycles. The van der Waals surface area contributed by atoms with E-state index in [0.29, 0.717) is 92.1 Å². The molecule has 796 valence electrons. The molecule has 12 heterocycles. The largest absolute Gasteiger partial charge is 0.493 e. The smallest absolute Gasteiger partial charge is 0.161 e. The number of carbonyl (C=O) groups is 6. The van der Waals surface area contributed by atoms with Gasteiger partial charge in [0.15, 0.2) is 69.0 Å². The van der Waals surface area contributed by atoms with E-state index in [0.717, 1.165) is 37.1 Å². The first-order valence-electron chi connectivity index (χ1n) is 88.4. The standard InChI is InChI=1S/4C20H29NO3.2C19H27NO3.2CH4/c4*1-5-13(2)8-15-12-21-7-6-14-9-19(23-3)20(24-4)10-16(14)17(21)11-18(15)22;2*1-12(2)7-14-11-20-6-5-13-8-18(22-3)19(23-4)9-15(13)16(20)10-17(14)21;;/h4*9-10,13,15,17H,5-8,11-12H2,1-4H3;2*8-9,12,14,16H,5-7,10-11H2,1-4H3;2*1H4/i2D3,3D3,5D2,6D2,7D2,8D2,9D,10D,11D2,12D2,13D,15D,17D;2D3,3D3,4D3,5D2,8D2,11D2,13D,15D;2D3,3D3,4D3,5D2,8D2,12D2,13D;2D3,3D3,4D3,5D2,8D2,13D;3D3,4D3,10D2,14D;3D3,4D3,11D2;;. The summed E-state index contributed by atoms with van der Waals surface area (Å²) in [6, 6.07) is 0.576. The van der Waals surface area contributed by atoms with E-state index >= 15 is 0 Å². The van der Waals surface area contributed by atoms with Gasteiger partial charge >= 0.3 is 0 Å². The molecule has 6 fully saturated rings. The van der Waals surface area contributed by atoms with Crippen LogP contribution < -0.4 is 56.8 Å². The maximum absolute atomic E-state index is 14.1. The SMILES string of the molecule is C.C.[2H]C([2H])([2H])Oc1cc2c(cc1OC([2H])([2H])[2H])C1CC(=O)C(C([2H])([2H])C([2H])(C([2H])([2H])[2H])C([2H])([2H])C)C([2H])([2H])N1CC2.[2H]C([2H])([2H])Oc1cc2c(cc1OC([2H])([2H])[2H])C1CC(=O)C(C([2H])([2H])C([2H])(C([2H])([2H])[2H])C([2H])([2H])C)CN1CC2.[2H]C([2H])([2H])Oc1cc2c(cc1OC([2H])([2H])[2H])C1CC(=O)C(CC(C)C)C([2H])([2H])N1CC2.[2H]C([2H])([2H])Oc1cc2c(cc1OC([2H])([2H])[2H])C1N(CC2)CC([2H])(C([2H])([2H])C([2H])(C([2H])([2H])[2H])C([2H])([2H])C)C(=O)C1([2H])[2H].[2H]C([2H])([2H])Oc1cc2c(cc1OC([2H])([2H])[2H])C1N(CC2)CC([2H])(CC(C)C)C(=O)C1([2H])[2H].[2H]c1c(OC([2H])([2H])[2H])c(OC)c([2H])c2c1C([2H])([2H])C([2H])([2H])N1C([2H])([2H])C([2H])(C([2H])([2H])C([2H])(C([2H])([2H])[2H])C([2H])([2H])C)C(=O)C([2H])([2H])C21[2H]. The molecule has 6 aromatic carbocycles. The molecule has 0 aliphatic carbocycles. The topological polar surface area (TPSA) is 233 Å². The van der Waals surface area contributed by atoms with Crippen molar-refractivity contribution < 1.29 is 205 Å². The van der Waals surface area contributed by atoms with Gasteiger partial charge < -0.3 is 56.8 Å². The van der Waals surface area contributed by atoms with Crippen molar-refractivity contribution in [2.75, 3.05) is 163 Å². The van der Waals surface area contributed by atoms with Crippen molar-refractivity contribution >= 4 is 34.7 Å². The maximum atomic E-state index is 14.1. The van der Waals surface area contributed by atoms with Crippen molar-refractivity contribution in [3.8, 4) is 69.0 Å². The molecular weight excluding hydrogens is 1810 g/mol. The van der Waals surface area contributed by atoms with Crippen molar-refractivity contribution in [3.63, 3.8) is 0 Å². The molecule has 12 aliphatic rings. The number of rotatable bonds is 28. The van der Waals surface area contributed by atoms with Gasteiger partial charge in [-0.05, 0) is 252 Å². The molecule has 6 aromatic rings. The Balaban J connectivity index is 0.000000252. The molecule has 16 atom stereocenters. The summed E-state index contributed by atoms with van der Waals surface area (Å²) >= 11 is 0. The highest BCUT2D eigenvalue weighted by Gasteiger charge is 2.47. The van der Waals surface area contributed by atoms with E-state index in [4.69, 9.17) is 175 Å². The van der Waals surface area contributed by atoms with Crippen LogP contribution in [0.25, 0.3) is 0 Å². The number of nitrogens with zero attached hydrogens (tertiary/aromatic N) is 6. The van der Waals surface area contributed by atoms with E-state index in [1.54, 1.807) is 14.7 Å². The lowest BCUT2D eigenvalue weighted by Gasteiger charge is -2.43. The lowest BCUT2D eigenvalue weighted by Crippen LogP contribution is -2.46. The van der Waals surface area contributed by atoms with Gasteiger partial charge in [0, 0.05) is 258 Å². The summed E-state index contributed by atoms with van der Waals surface area (Å²) in [4.78, 5) is 87.3. The Morgan fingerprint density at radius 2 is 0.660 bits per heavy atom. The van der Waals surface area contributed by atoms with Crippen LogP contribution >= 0.6 is 0 Å². The Morgan fingerprint density at radius 1 is 0.340 bits per heavy atom. The minimum Gasteiger partial charge on any atom is -0.493 e. The third-order valence-electron chi connectivity index (χ3n) is 25.3. The summed E-state index contributed by atoms with van der Waals surface area (Å²) in [5.74, 6) is -42.2. The van der Waals surface area contributed by atoms with Crippen molar-refractivity contribution in [3.05, 3.63) is 140 Å². The summed E-state index contributed by atoms with van der Waals surface area (Å²) in [6.45, 7) is -18.8. The number of methoxy groups -OCH3 is 12. The van der Waals surface area contributed by atoms with Crippen LogP contribution in [-0.2, 0) is 67.2 Å². The minimum atomic E-state index is -4.69. The number of ketones is 6. The average molecular weight is 2080 g/mol. The van der Waals surface area contributed by atoms with Crippen molar-refractivity contribution in [2.24, 2.45) is 70.8 Å².